The molecule has 130 valence electrons. The van der Waals surface area contributed by atoms with E-state index in [1.54, 1.807) is 13.8 Å². The average Bonchev–Trinajstić information content (AvgIpc) is 2.80. The molecule has 1 aromatic carbocycles. The van der Waals surface area contributed by atoms with Crippen molar-refractivity contribution < 1.29 is 19.4 Å². The Hall–Kier alpha value is -3.34. The van der Waals surface area contributed by atoms with Crippen LogP contribution in [0.3, 0.4) is 0 Å². The third kappa shape index (κ3) is 3.45. The van der Waals surface area contributed by atoms with E-state index in [0.29, 0.717) is 11.6 Å². The van der Waals surface area contributed by atoms with Gasteiger partial charge in [-0.2, -0.15) is 0 Å². The highest BCUT2D eigenvalue weighted by atomic mass is 32.1. The first-order valence-electron chi connectivity index (χ1n) is 6.77. The molecular formula is C14H12N4O6S. The van der Waals surface area contributed by atoms with Crippen LogP contribution in [0.2, 0.25) is 0 Å². The number of rotatable bonds is 5. The highest BCUT2D eigenvalue weighted by Crippen LogP contribution is 2.33. The molecule has 25 heavy (non-hydrogen) atoms. The van der Waals surface area contributed by atoms with Crippen molar-refractivity contribution in [3.05, 3.63) is 60.0 Å². The third-order valence-corrected chi connectivity index (χ3v) is 4.61. The number of non-ortho nitro benzene ring substituents is 1. The van der Waals surface area contributed by atoms with Crippen LogP contribution in [0.4, 0.5) is 16.4 Å². The molecule has 0 atom stereocenters. The Morgan fingerprint density at radius 1 is 1.16 bits per heavy atom. The van der Waals surface area contributed by atoms with Crippen LogP contribution in [-0.2, 0) is 0 Å². The van der Waals surface area contributed by atoms with Crippen molar-refractivity contribution in [2.45, 2.75) is 13.8 Å². The van der Waals surface area contributed by atoms with E-state index < -0.39 is 33.0 Å². The first-order chi connectivity index (χ1) is 11.6. The lowest BCUT2D eigenvalue weighted by Gasteiger charge is -2.06. The number of nitrogens with zero attached hydrogens (tertiary/aromatic N) is 2. The van der Waals surface area contributed by atoms with E-state index in [9.17, 15) is 29.8 Å². The lowest BCUT2D eigenvalue weighted by molar-refractivity contribution is -0.394. The van der Waals surface area contributed by atoms with Crippen molar-refractivity contribution in [2.24, 2.45) is 5.73 Å². The maximum Gasteiger partial charge on any atom is 0.289 e. The van der Waals surface area contributed by atoms with Crippen LogP contribution in [0.15, 0.2) is 18.2 Å². The fourth-order valence-electron chi connectivity index (χ4n) is 2.16. The molecule has 0 saturated carbocycles. The summed E-state index contributed by atoms with van der Waals surface area (Å²) in [6.07, 6.45) is 0. The van der Waals surface area contributed by atoms with Gasteiger partial charge >= 0.3 is 0 Å². The number of nitrogens with two attached hydrogens (primary N) is 1. The number of thiophene rings is 1. The maximum absolute atomic E-state index is 12.4. The molecule has 0 saturated heterocycles. The number of hydrogen-bond donors (Lipinski definition) is 2. The summed E-state index contributed by atoms with van der Waals surface area (Å²) in [5, 5.41) is 24.4. The standard InChI is InChI=1S/C14H12N4O6S/c1-6-7(2)25-14(11(6)12(15)19)16-13(20)9-4-3-8(17(21)22)5-10(9)18(23)24/h3-5H,1-2H3,(H2,15,19)(H,16,20). The third-order valence-electron chi connectivity index (χ3n) is 3.49. The van der Waals surface area contributed by atoms with Gasteiger partial charge in [-0.1, -0.05) is 0 Å². The van der Waals surface area contributed by atoms with Gasteiger partial charge in [0.2, 0.25) is 0 Å². The predicted molar refractivity (Wildman–Crippen MR) is 90.0 cm³/mol. The number of hydrogen-bond acceptors (Lipinski definition) is 7. The fourth-order valence-corrected chi connectivity index (χ4v) is 3.22. The first kappa shape index (κ1) is 18.0. The number of carbonyl (C=O) groups excluding carboxylic acids is 2. The Kier molecular flexibility index (Phi) is 4.79. The Labute approximate surface area is 144 Å². The van der Waals surface area contributed by atoms with E-state index >= 15 is 0 Å². The Morgan fingerprint density at radius 3 is 2.32 bits per heavy atom. The molecular weight excluding hydrogens is 352 g/mol. The Balaban J connectivity index is 2.46. The molecule has 0 bridgehead atoms. The van der Waals surface area contributed by atoms with E-state index in [1.807, 2.05) is 0 Å². The van der Waals surface area contributed by atoms with Gasteiger partial charge in [0.25, 0.3) is 23.2 Å². The minimum absolute atomic E-state index is 0.125. The molecule has 2 amide bonds. The van der Waals surface area contributed by atoms with Crippen LogP contribution in [0.5, 0.6) is 0 Å². The molecule has 0 aliphatic carbocycles. The van der Waals surface area contributed by atoms with Gasteiger partial charge in [0.1, 0.15) is 10.6 Å². The minimum Gasteiger partial charge on any atom is -0.365 e. The van der Waals surface area contributed by atoms with Crippen LogP contribution in [0.25, 0.3) is 0 Å². The van der Waals surface area contributed by atoms with Gasteiger partial charge in [0.05, 0.1) is 21.5 Å². The summed E-state index contributed by atoms with van der Waals surface area (Å²) in [4.78, 5) is 44.9. The van der Waals surface area contributed by atoms with Crippen LogP contribution >= 0.6 is 11.3 Å². The molecule has 0 radical (unpaired) electrons. The highest BCUT2D eigenvalue weighted by Gasteiger charge is 2.26. The maximum atomic E-state index is 12.4. The van der Waals surface area contributed by atoms with E-state index in [4.69, 9.17) is 5.73 Å². The summed E-state index contributed by atoms with van der Waals surface area (Å²) in [6, 6.07) is 2.68. The number of benzene rings is 1. The van der Waals surface area contributed by atoms with E-state index in [-0.39, 0.29) is 16.1 Å². The van der Waals surface area contributed by atoms with Crippen LogP contribution in [0.1, 0.15) is 31.2 Å². The molecule has 0 aliphatic heterocycles. The van der Waals surface area contributed by atoms with Crippen molar-refractivity contribution >= 4 is 39.5 Å². The molecule has 11 heteroatoms. The summed E-state index contributed by atoms with van der Waals surface area (Å²) in [5.74, 6) is -1.61. The van der Waals surface area contributed by atoms with Crippen molar-refractivity contribution in [1.82, 2.24) is 0 Å². The number of nitro benzene ring substituents is 2. The molecule has 0 aliphatic rings. The molecule has 1 heterocycles. The predicted octanol–water partition coefficient (Wildman–Crippen LogP) is 2.53. The van der Waals surface area contributed by atoms with Crippen LogP contribution in [-0.4, -0.2) is 21.7 Å². The summed E-state index contributed by atoms with van der Waals surface area (Å²) < 4.78 is 0. The van der Waals surface area contributed by atoms with Crippen molar-refractivity contribution in [3.63, 3.8) is 0 Å². The average molecular weight is 364 g/mol. The topological polar surface area (TPSA) is 158 Å². The number of aryl methyl sites for hydroxylation is 1. The summed E-state index contributed by atoms with van der Waals surface area (Å²) in [6.45, 7) is 3.40. The van der Waals surface area contributed by atoms with Gasteiger partial charge in [0, 0.05) is 10.9 Å². The van der Waals surface area contributed by atoms with Gasteiger partial charge < -0.3 is 11.1 Å². The zero-order chi connectivity index (χ0) is 18.9. The number of amides is 2. The second-order valence-corrected chi connectivity index (χ2v) is 6.25. The molecule has 1 aromatic heterocycles. The summed E-state index contributed by atoms with van der Waals surface area (Å²) in [5.41, 5.74) is 4.45. The molecule has 0 fully saturated rings. The zero-order valence-corrected chi connectivity index (χ0v) is 13.9. The molecule has 2 aromatic rings. The Morgan fingerprint density at radius 2 is 1.80 bits per heavy atom. The first-order valence-corrected chi connectivity index (χ1v) is 7.59. The summed E-state index contributed by atoms with van der Waals surface area (Å²) in [7, 11) is 0. The zero-order valence-electron chi connectivity index (χ0n) is 13.1. The minimum atomic E-state index is -0.887. The quantitative estimate of drug-likeness (QED) is 0.612. The van der Waals surface area contributed by atoms with Crippen molar-refractivity contribution in [1.29, 1.82) is 0 Å². The van der Waals surface area contributed by atoms with E-state index in [0.717, 1.165) is 28.3 Å². The van der Waals surface area contributed by atoms with Gasteiger partial charge in [-0.05, 0) is 25.5 Å². The molecule has 2 rings (SSSR count). The van der Waals surface area contributed by atoms with Gasteiger partial charge in [-0.3, -0.25) is 29.8 Å². The van der Waals surface area contributed by atoms with Crippen molar-refractivity contribution in [2.75, 3.05) is 5.32 Å². The smallest absolute Gasteiger partial charge is 0.289 e. The number of anilines is 1. The Bertz CT molecular complexity index is 920. The van der Waals surface area contributed by atoms with Crippen molar-refractivity contribution in [3.8, 4) is 0 Å². The monoisotopic (exact) mass is 364 g/mol. The van der Waals surface area contributed by atoms with Crippen LogP contribution < -0.4 is 11.1 Å². The lowest BCUT2D eigenvalue weighted by atomic mass is 10.1. The largest absolute Gasteiger partial charge is 0.365 e. The van der Waals surface area contributed by atoms with Gasteiger partial charge in [0.15, 0.2) is 0 Å². The fraction of sp³-hybridized carbons (Fsp3) is 0.143. The number of nitro groups is 2. The van der Waals surface area contributed by atoms with E-state index in [2.05, 4.69) is 5.32 Å². The van der Waals surface area contributed by atoms with Gasteiger partial charge in [-0.15, -0.1) is 11.3 Å². The second-order valence-electron chi connectivity index (χ2n) is 5.02. The summed E-state index contributed by atoms with van der Waals surface area (Å²) >= 11 is 1.10. The lowest BCUT2D eigenvalue weighted by Crippen LogP contribution is -2.18. The molecule has 3 N–H and O–H groups in total. The normalized spacial score (nSPS) is 10.3. The SMILES string of the molecule is Cc1sc(NC(=O)c2ccc([N+](=O)[O-])cc2[N+](=O)[O-])c(C(N)=O)c1C. The van der Waals surface area contributed by atoms with E-state index in [1.165, 1.54) is 0 Å². The number of nitrogens with one attached hydrogen (secondary N) is 1. The number of carbonyl (C=O) groups is 2. The molecule has 0 spiro atoms. The van der Waals surface area contributed by atoms with Gasteiger partial charge in [-0.25, -0.2) is 0 Å². The highest BCUT2D eigenvalue weighted by molar-refractivity contribution is 7.16. The number of primary amides is 1. The molecule has 10 nitrogen and oxygen atoms in total. The second kappa shape index (κ2) is 6.65. The van der Waals surface area contributed by atoms with Crippen LogP contribution in [0, 0.1) is 34.1 Å². The molecule has 0 unspecified atom stereocenters.